The molecule has 2 aliphatic heterocycles. The molecule has 0 aromatic carbocycles. The van der Waals surface area contributed by atoms with Crippen molar-refractivity contribution in [3.05, 3.63) is 0 Å². The lowest BCUT2D eigenvalue weighted by Gasteiger charge is -2.57. The fraction of sp³-hybridized carbons (Fsp3) is 1.00. The van der Waals surface area contributed by atoms with E-state index in [1.165, 1.54) is 32.1 Å². The summed E-state index contributed by atoms with van der Waals surface area (Å²) in [4.78, 5) is 0. The molecule has 156 valence electrons. The van der Waals surface area contributed by atoms with Crippen molar-refractivity contribution in [3.8, 4) is 0 Å². The van der Waals surface area contributed by atoms with Crippen molar-refractivity contribution >= 4 is 0 Å². The van der Waals surface area contributed by atoms with E-state index in [-0.39, 0.29) is 24.0 Å². The van der Waals surface area contributed by atoms with Gasteiger partial charge in [0.25, 0.3) is 0 Å². The van der Waals surface area contributed by atoms with Crippen molar-refractivity contribution in [1.82, 2.24) is 0 Å². The maximum Gasteiger partial charge on any atom is 0.193 e. The second kappa shape index (κ2) is 7.56. The molecule has 4 fully saturated rings. The molecule has 4 unspecified atom stereocenters. The first-order chi connectivity index (χ1) is 12.8. The molecule has 0 aromatic heterocycles. The van der Waals surface area contributed by atoms with Crippen LogP contribution >= 0.6 is 0 Å². The molecule has 0 radical (unpaired) electrons. The Balaban J connectivity index is 1.53. The second-order valence-electron chi connectivity index (χ2n) is 10.0. The summed E-state index contributed by atoms with van der Waals surface area (Å²) in [6.07, 6.45) is 8.58. The van der Waals surface area contributed by atoms with Gasteiger partial charge in [-0.15, -0.1) is 0 Å². The van der Waals surface area contributed by atoms with Gasteiger partial charge < -0.3 is 24.4 Å². The lowest BCUT2D eigenvalue weighted by atomic mass is 9.58. The van der Waals surface area contributed by atoms with Crippen LogP contribution in [0.4, 0.5) is 0 Å². The van der Waals surface area contributed by atoms with Crippen molar-refractivity contribution in [3.63, 3.8) is 0 Å². The summed E-state index contributed by atoms with van der Waals surface area (Å²) in [5.41, 5.74) is -1.04. The zero-order chi connectivity index (χ0) is 19.2. The molecule has 4 rings (SSSR count). The molecule has 0 bridgehead atoms. The fourth-order valence-corrected chi connectivity index (χ4v) is 6.31. The van der Waals surface area contributed by atoms with Crippen LogP contribution in [0.3, 0.4) is 0 Å². The molecular formula is C22H38O5. The molecule has 4 aliphatic rings. The molecule has 0 amide bonds. The van der Waals surface area contributed by atoms with Crippen molar-refractivity contribution in [2.45, 2.75) is 103 Å². The molecule has 8 atom stereocenters. The Hall–Kier alpha value is -0.200. The van der Waals surface area contributed by atoms with Gasteiger partial charge >= 0.3 is 0 Å². The molecule has 2 aliphatic carbocycles. The highest BCUT2D eigenvalue weighted by Crippen LogP contribution is 2.55. The van der Waals surface area contributed by atoms with E-state index in [4.69, 9.17) is 14.2 Å². The van der Waals surface area contributed by atoms with Gasteiger partial charge in [-0.3, -0.25) is 0 Å². The molecule has 0 aromatic rings. The predicted octanol–water partition coefficient (Wildman–Crippen LogP) is 3.81. The van der Waals surface area contributed by atoms with Gasteiger partial charge in [-0.2, -0.15) is 0 Å². The van der Waals surface area contributed by atoms with Gasteiger partial charge in [0.2, 0.25) is 0 Å². The Morgan fingerprint density at radius 2 is 1.70 bits per heavy atom. The predicted molar refractivity (Wildman–Crippen MR) is 102 cm³/mol. The van der Waals surface area contributed by atoms with Crippen LogP contribution in [-0.4, -0.2) is 40.8 Å². The van der Waals surface area contributed by atoms with Crippen LogP contribution in [0.5, 0.6) is 0 Å². The molecular weight excluding hydrogens is 344 g/mol. The Bertz CT molecular complexity index is 517. The summed E-state index contributed by atoms with van der Waals surface area (Å²) in [6, 6.07) is 0. The maximum absolute atomic E-state index is 11.8. The summed E-state index contributed by atoms with van der Waals surface area (Å²) in [5, 5.41) is 22.5. The number of aliphatic hydroxyl groups is 2. The first kappa shape index (κ1) is 20.1. The van der Waals surface area contributed by atoms with Gasteiger partial charge in [0.1, 0.15) is 5.60 Å². The quantitative estimate of drug-likeness (QED) is 0.777. The van der Waals surface area contributed by atoms with Crippen LogP contribution in [0, 0.1) is 29.6 Å². The molecule has 2 saturated carbocycles. The third-order valence-electron chi connectivity index (χ3n) is 8.01. The Kier molecular flexibility index (Phi) is 5.63. The van der Waals surface area contributed by atoms with Gasteiger partial charge in [-0.05, 0) is 56.8 Å². The monoisotopic (exact) mass is 382 g/mol. The third kappa shape index (κ3) is 3.71. The van der Waals surface area contributed by atoms with Gasteiger partial charge in [-0.25, -0.2) is 0 Å². The molecule has 0 spiro atoms. The highest BCUT2D eigenvalue weighted by atomic mass is 16.8. The topological polar surface area (TPSA) is 68.2 Å². The van der Waals surface area contributed by atoms with E-state index in [0.717, 1.165) is 25.9 Å². The third-order valence-corrected chi connectivity index (χ3v) is 8.01. The zero-order valence-corrected chi connectivity index (χ0v) is 17.2. The molecule has 5 nitrogen and oxygen atoms in total. The fourth-order valence-electron chi connectivity index (χ4n) is 6.31. The maximum atomic E-state index is 11.8. The van der Waals surface area contributed by atoms with Crippen molar-refractivity contribution in [2.24, 2.45) is 29.6 Å². The molecule has 5 heteroatoms. The molecule has 2 saturated heterocycles. The number of hydrogen-bond acceptors (Lipinski definition) is 5. The smallest absolute Gasteiger partial charge is 0.193 e. The number of hydrogen-bond donors (Lipinski definition) is 2. The Morgan fingerprint density at radius 1 is 0.963 bits per heavy atom. The van der Waals surface area contributed by atoms with E-state index in [0.29, 0.717) is 18.3 Å². The van der Waals surface area contributed by atoms with Gasteiger partial charge in [0.15, 0.2) is 18.4 Å². The van der Waals surface area contributed by atoms with Crippen LogP contribution < -0.4 is 0 Å². The standard InChI is InChI=1S/C22H38O5/c1-14-9-10-18-15(2)19(25-13-16-7-5-4-6-8-16)26-20-22(18,24)17(14)11-12-21(3,23)27-20/h14-20,23-24H,4-13H2,1-3H3/t14-,15-,17?,18?,19?,20-,21?,22-/m1/s1. The summed E-state index contributed by atoms with van der Waals surface area (Å²) >= 11 is 0. The SMILES string of the molecule is C[C@H]1C(OCC2CCCCC2)O[C@@H]2OC(C)(O)CCC3[C@H](C)CCC1[C@]32O. The lowest BCUT2D eigenvalue weighted by Crippen LogP contribution is -2.67. The van der Waals surface area contributed by atoms with Gasteiger partial charge in [0, 0.05) is 18.3 Å². The van der Waals surface area contributed by atoms with Crippen LogP contribution in [0.2, 0.25) is 0 Å². The van der Waals surface area contributed by atoms with Gasteiger partial charge in [0.05, 0.1) is 6.61 Å². The van der Waals surface area contributed by atoms with E-state index < -0.39 is 17.7 Å². The van der Waals surface area contributed by atoms with Crippen LogP contribution in [0.15, 0.2) is 0 Å². The minimum absolute atomic E-state index is 0.0858. The van der Waals surface area contributed by atoms with E-state index in [2.05, 4.69) is 13.8 Å². The summed E-state index contributed by atoms with van der Waals surface area (Å²) < 4.78 is 18.5. The first-order valence-electron chi connectivity index (χ1n) is 11.2. The van der Waals surface area contributed by atoms with Crippen LogP contribution in [0.25, 0.3) is 0 Å². The number of rotatable bonds is 3. The molecule has 2 heterocycles. The second-order valence-corrected chi connectivity index (χ2v) is 10.0. The molecule has 27 heavy (non-hydrogen) atoms. The zero-order valence-electron chi connectivity index (χ0n) is 17.2. The Morgan fingerprint density at radius 3 is 2.44 bits per heavy atom. The summed E-state index contributed by atoms with van der Waals surface area (Å²) in [5.74, 6) is 0.0572. The molecule has 2 N–H and O–H groups in total. The van der Waals surface area contributed by atoms with Crippen LogP contribution in [-0.2, 0) is 14.2 Å². The van der Waals surface area contributed by atoms with Crippen molar-refractivity contribution < 1.29 is 24.4 Å². The Labute approximate surface area is 163 Å². The van der Waals surface area contributed by atoms with E-state index in [9.17, 15) is 10.2 Å². The van der Waals surface area contributed by atoms with Crippen LogP contribution in [0.1, 0.15) is 78.6 Å². The van der Waals surface area contributed by atoms with E-state index in [1.54, 1.807) is 6.92 Å². The number of ether oxygens (including phenoxy) is 3. The first-order valence-corrected chi connectivity index (χ1v) is 11.2. The minimum Gasteiger partial charge on any atom is -0.384 e. The summed E-state index contributed by atoms with van der Waals surface area (Å²) in [7, 11) is 0. The van der Waals surface area contributed by atoms with E-state index in [1.807, 2.05) is 0 Å². The van der Waals surface area contributed by atoms with Crippen molar-refractivity contribution in [1.29, 1.82) is 0 Å². The minimum atomic E-state index is -1.27. The highest BCUT2D eigenvalue weighted by molar-refractivity contribution is 5.07. The highest BCUT2D eigenvalue weighted by Gasteiger charge is 2.63. The van der Waals surface area contributed by atoms with Gasteiger partial charge in [-0.1, -0.05) is 33.1 Å². The lowest BCUT2D eigenvalue weighted by molar-refractivity contribution is -0.408. The van der Waals surface area contributed by atoms with E-state index >= 15 is 0 Å². The average Bonchev–Trinajstić information content (AvgIpc) is 2.73. The normalized spacial score (nSPS) is 51.4. The largest absolute Gasteiger partial charge is 0.384 e. The summed E-state index contributed by atoms with van der Waals surface area (Å²) in [6.45, 7) is 6.78. The average molecular weight is 383 g/mol. The van der Waals surface area contributed by atoms with Crippen molar-refractivity contribution in [2.75, 3.05) is 6.61 Å².